The van der Waals surface area contributed by atoms with E-state index < -0.39 is 0 Å². The summed E-state index contributed by atoms with van der Waals surface area (Å²) in [6, 6.07) is 41.3. The number of fused-ring (bicyclic) bond motifs is 6. The zero-order valence-corrected chi connectivity index (χ0v) is 20.8. The maximum Gasteiger partial charge on any atom is 0.0960 e. The molecular formula is C35H25N3. The van der Waals surface area contributed by atoms with E-state index >= 15 is 0 Å². The molecule has 8 rings (SSSR count). The summed E-state index contributed by atoms with van der Waals surface area (Å²) in [6.45, 7) is 0. The Labute approximate surface area is 220 Å². The van der Waals surface area contributed by atoms with Gasteiger partial charge in [0.05, 0.1) is 22.1 Å². The average Bonchev–Trinajstić information content (AvgIpc) is 3.51. The van der Waals surface area contributed by atoms with Crippen LogP contribution >= 0.6 is 0 Å². The summed E-state index contributed by atoms with van der Waals surface area (Å²) in [6.07, 6.45) is 7.45. The van der Waals surface area contributed by atoms with Crippen LogP contribution in [0.2, 0.25) is 0 Å². The molecule has 1 aliphatic rings. The summed E-state index contributed by atoms with van der Waals surface area (Å²) in [5, 5.41) is 2.62. The van der Waals surface area contributed by atoms with Gasteiger partial charge in [-0.2, -0.15) is 0 Å². The molecule has 1 atom stereocenters. The lowest BCUT2D eigenvalue weighted by molar-refractivity contribution is 0.770. The Balaban J connectivity index is 1.47. The fraction of sp³-hybridized carbons (Fsp3) is 0.0571. The van der Waals surface area contributed by atoms with Gasteiger partial charge < -0.3 is 9.13 Å². The molecule has 3 heterocycles. The summed E-state index contributed by atoms with van der Waals surface area (Å²) in [5.74, 6) is 0.197. The van der Waals surface area contributed by atoms with Gasteiger partial charge in [-0.05, 0) is 60.5 Å². The Hall–Kier alpha value is -4.89. The molecule has 0 N–H and O–H groups in total. The number of hydrogen-bond donors (Lipinski definition) is 0. The van der Waals surface area contributed by atoms with E-state index in [0.717, 1.165) is 17.5 Å². The topological polar surface area (TPSA) is 22.8 Å². The number of pyridine rings is 1. The standard InChI is InChI=1S/C35H25N3/c1-3-12-24(13-4-1)37-30-20-8-7-16-28(30)33-26(17-10-21-31(33)37)27-18-9-19-29-34-32(22-11-23-36-34)38(35(27)29)25-14-5-2-6-15-25/h1-17,19-23,27H,18H2. The van der Waals surface area contributed by atoms with Crippen LogP contribution in [0, 0.1) is 0 Å². The van der Waals surface area contributed by atoms with Gasteiger partial charge in [0.25, 0.3) is 0 Å². The van der Waals surface area contributed by atoms with E-state index in [0.29, 0.717) is 0 Å². The van der Waals surface area contributed by atoms with Crippen LogP contribution in [-0.2, 0) is 0 Å². The van der Waals surface area contributed by atoms with Gasteiger partial charge in [-0.3, -0.25) is 4.98 Å². The molecule has 3 nitrogen and oxygen atoms in total. The highest BCUT2D eigenvalue weighted by molar-refractivity contribution is 6.11. The third-order valence-electron chi connectivity index (χ3n) is 7.92. The van der Waals surface area contributed by atoms with Gasteiger partial charge in [-0.15, -0.1) is 0 Å². The van der Waals surface area contributed by atoms with E-state index in [4.69, 9.17) is 4.98 Å². The van der Waals surface area contributed by atoms with E-state index in [1.54, 1.807) is 0 Å². The first-order valence-electron chi connectivity index (χ1n) is 13.2. The summed E-state index contributed by atoms with van der Waals surface area (Å²) < 4.78 is 4.84. The largest absolute Gasteiger partial charge is 0.311 e. The lowest BCUT2D eigenvalue weighted by atomic mass is 9.84. The minimum Gasteiger partial charge on any atom is -0.311 e. The molecule has 7 aromatic rings. The second-order valence-electron chi connectivity index (χ2n) is 9.96. The van der Waals surface area contributed by atoms with Gasteiger partial charge >= 0.3 is 0 Å². The molecule has 4 aromatic carbocycles. The molecule has 0 saturated heterocycles. The Kier molecular flexibility index (Phi) is 4.65. The lowest BCUT2D eigenvalue weighted by Crippen LogP contribution is -2.11. The van der Waals surface area contributed by atoms with Gasteiger partial charge in [-0.1, -0.05) is 78.9 Å². The van der Waals surface area contributed by atoms with E-state index in [9.17, 15) is 0 Å². The Morgan fingerprint density at radius 3 is 2.11 bits per heavy atom. The first kappa shape index (κ1) is 21.2. The zero-order chi connectivity index (χ0) is 25.1. The maximum atomic E-state index is 4.85. The number of hydrogen-bond acceptors (Lipinski definition) is 1. The van der Waals surface area contributed by atoms with Crippen LogP contribution in [-0.4, -0.2) is 14.1 Å². The highest BCUT2D eigenvalue weighted by atomic mass is 15.0. The number of nitrogens with zero attached hydrogens (tertiary/aromatic N) is 3. The summed E-state index contributed by atoms with van der Waals surface area (Å²) in [7, 11) is 0. The Bertz CT molecular complexity index is 1990. The predicted octanol–water partition coefficient (Wildman–Crippen LogP) is 8.67. The van der Waals surface area contributed by atoms with Crippen molar-refractivity contribution in [1.29, 1.82) is 0 Å². The monoisotopic (exact) mass is 487 g/mol. The first-order chi connectivity index (χ1) is 18.9. The molecule has 1 aliphatic carbocycles. The van der Waals surface area contributed by atoms with Crippen LogP contribution in [0.4, 0.5) is 0 Å². The molecule has 0 bridgehead atoms. The molecule has 0 spiro atoms. The Morgan fingerprint density at radius 2 is 1.29 bits per heavy atom. The van der Waals surface area contributed by atoms with Gasteiger partial charge in [-0.25, -0.2) is 0 Å². The number of allylic oxidation sites excluding steroid dienone is 1. The first-order valence-corrected chi connectivity index (χ1v) is 13.2. The summed E-state index contributed by atoms with van der Waals surface area (Å²) in [5.41, 5.74) is 10.9. The quantitative estimate of drug-likeness (QED) is 0.244. The number of benzene rings is 4. The van der Waals surface area contributed by atoms with Gasteiger partial charge in [0.1, 0.15) is 0 Å². The van der Waals surface area contributed by atoms with Crippen molar-refractivity contribution in [2.24, 2.45) is 0 Å². The number of aromatic nitrogens is 3. The molecule has 0 radical (unpaired) electrons. The Morgan fingerprint density at radius 1 is 0.605 bits per heavy atom. The number of rotatable bonds is 3. The van der Waals surface area contributed by atoms with Crippen LogP contribution in [0.25, 0.3) is 50.3 Å². The van der Waals surface area contributed by atoms with Crippen LogP contribution in [0.15, 0.2) is 128 Å². The second kappa shape index (κ2) is 8.32. The van der Waals surface area contributed by atoms with Crippen molar-refractivity contribution < 1.29 is 0 Å². The van der Waals surface area contributed by atoms with Crippen molar-refractivity contribution in [3.8, 4) is 11.4 Å². The van der Waals surface area contributed by atoms with Crippen LogP contribution in [0.5, 0.6) is 0 Å². The molecular weight excluding hydrogens is 462 g/mol. The van der Waals surface area contributed by atoms with Crippen molar-refractivity contribution >= 4 is 38.9 Å². The summed E-state index contributed by atoms with van der Waals surface area (Å²) >= 11 is 0. The minimum absolute atomic E-state index is 0.197. The van der Waals surface area contributed by atoms with Crippen molar-refractivity contribution in [3.63, 3.8) is 0 Å². The van der Waals surface area contributed by atoms with Gasteiger partial charge in [0.15, 0.2) is 0 Å². The van der Waals surface area contributed by atoms with Crippen LogP contribution < -0.4 is 0 Å². The number of para-hydroxylation sites is 3. The molecule has 0 aliphatic heterocycles. The second-order valence-corrected chi connectivity index (χ2v) is 9.96. The molecule has 3 heteroatoms. The van der Waals surface area contributed by atoms with E-state index in [-0.39, 0.29) is 5.92 Å². The molecule has 38 heavy (non-hydrogen) atoms. The molecule has 0 saturated carbocycles. The maximum absolute atomic E-state index is 4.85. The van der Waals surface area contributed by atoms with Crippen molar-refractivity contribution in [1.82, 2.24) is 14.1 Å². The van der Waals surface area contributed by atoms with Crippen LogP contribution in [0.1, 0.15) is 29.2 Å². The van der Waals surface area contributed by atoms with Gasteiger partial charge in [0.2, 0.25) is 0 Å². The molecule has 0 amide bonds. The predicted molar refractivity (Wildman–Crippen MR) is 157 cm³/mol. The van der Waals surface area contributed by atoms with E-state index in [1.165, 1.54) is 50.0 Å². The van der Waals surface area contributed by atoms with Crippen LogP contribution in [0.3, 0.4) is 0 Å². The summed E-state index contributed by atoms with van der Waals surface area (Å²) in [4.78, 5) is 4.85. The smallest absolute Gasteiger partial charge is 0.0960 e. The highest BCUT2D eigenvalue weighted by Crippen LogP contribution is 2.45. The molecule has 180 valence electrons. The fourth-order valence-electron chi connectivity index (χ4n) is 6.42. The van der Waals surface area contributed by atoms with Crippen molar-refractivity contribution in [2.45, 2.75) is 12.3 Å². The highest BCUT2D eigenvalue weighted by Gasteiger charge is 2.30. The third-order valence-corrected chi connectivity index (χ3v) is 7.92. The van der Waals surface area contributed by atoms with E-state index in [2.05, 4.69) is 130 Å². The van der Waals surface area contributed by atoms with Gasteiger partial charge in [0, 0.05) is 45.5 Å². The van der Waals surface area contributed by atoms with Crippen molar-refractivity contribution in [2.75, 3.05) is 0 Å². The molecule has 3 aromatic heterocycles. The lowest BCUT2D eigenvalue weighted by Gasteiger charge is -2.24. The van der Waals surface area contributed by atoms with E-state index in [1.807, 2.05) is 12.3 Å². The SMILES string of the molecule is C1=Cc2c(n(-c3ccccc3)c3cccnc23)C(c2cccc3c2c2ccccc2n3-c2ccccc2)C1. The normalized spacial score (nSPS) is 14.9. The average molecular weight is 488 g/mol. The molecule has 1 unspecified atom stereocenters. The minimum atomic E-state index is 0.197. The fourth-order valence-corrected chi connectivity index (χ4v) is 6.42. The zero-order valence-electron chi connectivity index (χ0n) is 20.8. The van der Waals surface area contributed by atoms with Crippen molar-refractivity contribution in [3.05, 3.63) is 144 Å². The molecule has 0 fully saturated rings. The third kappa shape index (κ3) is 2.99.